The predicted octanol–water partition coefficient (Wildman–Crippen LogP) is 5.32. The normalized spacial score (nSPS) is 12.8. The zero-order chi connectivity index (χ0) is 21.5. The molecule has 0 spiro atoms. The van der Waals surface area contributed by atoms with Gasteiger partial charge >= 0.3 is 0 Å². The number of ether oxygens (including phenoxy) is 1. The summed E-state index contributed by atoms with van der Waals surface area (Å²) in [5.41, 5.74) is 1.75. The third-order valence-electron chi connectivity index (χ3n) is 5.06. The maximum absolute atomic E-state index is 13.8. The lowest BCUT2D eigenvalue weighted by molar-refractivity contribution is 0.0901. The summed E-state index contributed by atoms with van der Waals surface area (Å²) >= 11 is 1.70. The minimum atomic E-state index is -0.345. The molecular formula is C25H23N3O2S. The Hall–Kier alpha value is -3.38. The highest BCUT2D eigenvalue weighted by molar-refractivity contribution is 7.99. The van der Waals surface area contributed by atoms with E-state index >= 15 is 0 Å². The van der Waals surface area contributed by atoms with E-state index < -0.39 is 0 Å². The highest BCUT2D eigenvalue weighted by atomic mass is 32.2. The van der Waals surface area contributed by atoms with Crippen LogP contribution in [0.3, 0.4) is 0 Å². The smallest absolute Gasteiger partial charge is 0.169 e. The van der Waals surface area contributed by atoms with Crippen LogP contribution in [0.25, 0.3) is 0 Å². The lowest BCUT2D eigenvalue weighted by atomic mass is 9.90. The molecule has 1 aromatic heterocycles. The molecule has 5 nitrogen and oxygen atoms in total. The minimum absolute atomic E-state index is 0.0652. The molecule has 0 aliphatic carbocycles. The van der Waals surface area contributed by atoms with Crippen LogP contribution in [0, 0.1) is 5.92 Å². The number of methoxy groups -OCH3 is 1. The van der Waals surface area contributed by atoms with Gasteiger partial charge in [-0.05, 0) is 42.0 Å². The largest absolute Gasteiger partial charge is 0.497 e. The van der Waals surface area contributed by atoms with Gasteiger partial charge in [0.25, 0.3) is 0 Å². The molecule has 4 rings (SSSR count). The predicted molar refractivity (Wildman–Crippen MR) is 122 cm³/mol. The lowest BCUT2D eigenvalue weighted by Crippen LogP contribution is -2.26. The first-order valence-corrected chi connectivity index (χ1v) is 10.9. The molecule has 0 N–H and O–H groups in total. The molecule has 156 valence electrons. The van der Waals surface area contributed by atoms with E-state index in [1.807, 2.05) is 60.7 Å². The van der Waals surface area contributed by atoms with Crippen molar-refractivity contribution >= 4 is 17.5 Å². The van der Waals surface area contributed by atoms with Crippen LogP contribution in [-0.4, -0.2) is 27.7 Å². The molecule has 4 aromatic rings. The molecule has 3 aromatic carbocycles. The van der Waals surface area contributed by atoms with Gasteiger partial charge in [-0.25, -0.2) is 4.98 Å². The van der Waals surface area contributed by atoms with Crippen molar-refractivity contribution in [3.8, 4) is 5.75 Å². The zero-order valence-electron chi connectivity index (χ0n) is 17.2. The molecule has 0 saturated heterocycles. The van der Waals surface area contributed by atoms with Gasteiger partial charge in [-0.3, -0.25) is 9.48 Å². The van der Waals surface area contributed by atoms with Gasteiger partial charge in [0.2, 0.25) is 0 Å². The van der Waals surface area contributed by atoms with Crippen LogP contribution >= 0.6 is 11.8 Å². The number of carbonyl (C=O) groups excluding carboxylic acids is 1. The second kappa shape index (κ2) is 10.1. The highest BCUT2D eigenvalue weighted by Gasteiger charge is 2.32. The van der Waals surface area contributed by atoms with Crippen LogP contribution in [-0.2, 0) is 6.54 Å². The number of Topliss-reactive ketones (excluding diaryl/α,β-unsaturated/α-hetero) is 1. The fourth-order valence-electron chi connectivity index (χ4n) is 3.48. The van der Waals surface area contributed by atoms with E-state index in [4.69, 9.17) is 4.74 Å². The first kappa shape index (κ1) is 20.9. The third-order valence-corrected chi connectivity index (χ3v) is 6.46. The zero-order valence-corrected chi connectivity index (χ0v) is 18.0. The lowest BCUT2D eigenvalue weighted by Gasteiger charge is -2.26. The highest BCUT2D eigenvalue weighted by Crippen LogP contribution is 2.42. The molecule has 2 atom stereocenters. The van der Waals surface area contributed by atoms with Gasteiger partial charge in [0.1, 0.15) is 18.4 Å². The fourth-order valence-corrected chi connectivity index (χ4v) is 4.76. The van der Waals surface area contributed by atoms with Crippen LogP contribution in [0.1, 0.15) is 21.2 Å². The van der Waals surface area contributed by atoms with Crippen molar-refractivity contribution in [3.63, 3.8) is 0 Å². The van der Waals surface area contributed by atoms with Crippen LogP contribution in [0.5, 0.6) is 5.75 Å². The van der Waals surface area contributed by atoms with Crippen LogP contribution in [0.15, 0.2) is 102 Å². The molecule has 0 fully saturated rings. The van der Waals surface area contributed by atoms with Crippen molar-refractivity contribution in [1.82, 2.24) is 14.8 Å². The Morgan fingerprint density at radius 1 is 0.968 bits per heavy atom. The maximum Gasteiger partial charge on any atom is 0.169 e. The van der Waals surface area contributed by atoms with E-state index in [1.54, 1.807) is 29.9 Å². The molecule has 1 heterocycles. The van der Waals surface area contributed by atoms with Crippen LogP contribution < -0.4 is 4.74 Å². The van der Waals surface area contributed by atoms with Gasteiger partial charge in [-0.15, -0.1) is 11.8 Å². The van der Waals surface area contributed by atoms with Gasteiger partial charge < -0.3 is 4.74 Å². The number of hydrogen-bond acceptors (Lipinski definition) is 5. The summed E-state index contributed by atoms with van der Waals surface area (Å²) < 4.78 is 6.98. The third kappa shape index (κ3) is 5.22. The summed E-state index contributed by atoms with van der Waals surface area (Å²) in [6.07, 6.45) is 3.15. The molecule has 0 bridgehead atoms. The quantitative estimate of drug-likeness (QED) is 0.266. The number of ketones is 1. The van der Waals surface area contributed by atoms with Gasteiger partial charge in [0.15, 0.2) is 5.78 Å². The van der Waals surface area contributed by atoms with E-state index in [0.717, 1.165) is 16.2 Å². The molecule has 31 heavy (non-hydrogen) atoms. The molecule has 0 aliphatic heterocycles. The number of aromatic nitrogens is 3. The molecule has 0 radical (unpaired) electrons. The average molecular weight is 430 g/mol. The standard InChI is InChI=1S/C25H23N3O2S/c1-30-21-14-12-19(13-15-21)24(29)23(16-28-18-26-17-27-28)25(20-8-4-2-5-9-20)31-22-10-6-3-7-11-22/h2-15,17-18,23,25H,16H2,1H3/t23-,25-/m1/s1. The summed E-state index contributed by atoms with van der Waals surface area (Å²) in [7, 11) is 1.62. The van der Waals surface area contributed by atoms with Crippen molar-refractivity contribution in [2.45, 2.75) is 16.7 Å². The number of thioether (sulfide) groups is 1. The molecular weight excluding hydrogens is 406 g/mol. The Bertz CT molecular complexity index is 1080. The number of nitrogens with zero attached hydrogens (tertiary/aromatic N) is 3. The topological polar surface area (TPSA) is 57.0 Å². The summed E-state index contributed by atoms with van der Waals surface area (Å²) in [6.45, 7) is 0.435. The van der Waals surface area contributed by atoms with Crippen LogP contribution in [0.2, 0.25) is 0 Å². The van der Waals surface area contributed by atoms with Gasteiger partial charge in [-0.1, -0.05) is 48.5 Å². The van der Waals surface area contributed by atoms with Crippen molar-refractivity contribution in [2.24, 2.45) is 5.92 Å². The fraction of sp³-hybridized carbons (Fsp3) is 0.160. The van der Waals surface area contributed by atoms with Crippen molar-refractivity contribution in [3.05, 3.63) is 109 Å². The van der Waals surface area contributed by atoms with E-state index in [1.165, 1.54) is 6.33 Å². The molecule has 0 aliphatic rings. The first-order valence-electron chi connectivity index (χ1n) is 10.0. The summed E-state index contributed by atoms with van der Waals surface area (Å²) in [5.74, 6) is 0.445. The Kier molecular flexibility index (Phi) is 6.79. The molecule has 6 heteroatoms. The van der Waals surface area contributed by atoms with Crippen molar-refractivity contribution in [2.75, 3.05) is 7.11 Å². The first-order chi connectivity index (χ1) is 15.2. The van der Waals surface area contributed by atoms with Crippen LogP contribution in [0.4, 0.5) is 0 Å². The van der Waals surface area contributed by atoms with Crippen molar-refractivity contribution in [1.29, 1.82) is 0 Å². The Labute approximate surface area is 186 Å². The van der Waals surface area contributed by atoms with E-state index in [-0.39, 0.29) is 17.0 Å². The Morgan fingerprint density at radius 3 is 2.26 bits per heavy atom. The second-order valence-electron chi connectivity index (χ2n) is 7.08. The number of carbonyl (C=O) groups is 1. The minimum Gasteiger partial charge on any atom is -0.497 e. The average Bonchev–Trinajstić information content (AvgIpc) is 3.35. The summed E-state index contributed by atoms with van der Waals surface area (Å²) in [6, 6.07) is 27.6. The SMILES string of the molecule is COc1ccc(C(=O)[C@@H](Cn2cncn2)[C@H](Sc2ccccc2)c2ccccc2)cc1. The monoisotopic (exact) mass is 429 g/mol. The maximum atomic E-state index is 13.8. The Morgan fingerprint density at radius 2 is 1.65 bits per heavy atom. The van der Waals surface area contributed by atoms with Gasteiger partial charge in [-0.2, -0.15) is 5.10 Å². The van der Waals surface area contributed by atoms with Gasteiger partial charge in [0, 0.05) is 15.7 Å². The van der Waals surface area contributed by atoms with E-state index in [0.29, 0.717) is 12.1 Å². The Balaban J connectivity index is 1.74. The number of hydrogen-bond donors (Lipinski definition) is 0. The van der Waals surface area contributed by atoms with E-state index in [9.17, 15) is 4.79 Å². The molecule has 0 saturated carbocycles. The molecule has 0 unspecified atom stereocenters. The molecule has 0 amide bonds. The summed E-state index contributed by atoms with van der Waals surface area (Å²) in [4.78, 5) is 18.9. The van der Waals surface area contributed by atoms with Gasteiger partial charge in [0.05, 0.1) is 19.6 Å². The summed E-state index contributed by atoms with van der Waals surface area (Å²) in [5, 5.41) is 4.17. The van der Waals surface area contributed by atoms with Crippen molar-refractivity contribution < 1.29 is 9.53 Å². The number of rotatable bonds is 9. The van der Waals surface area contributed by atoms with E-state index in [2.05, 4.69) is 34.3 Å². The second-order valence-corrected chi connectivity index (χ2v) is 8.29. The number of benzene rings is 3.